The third kappa shape index (κ3) is 4.06. The minimum absolute atomic E-state index is 0.0419. The van der Waals surface area contributed by atoms with Crippen molar-refractivity contribution in [1.29, 1.82) is 0 Å². The summed E-state index contributed by atoms with van der Waals surface area (Å²) >= 11 is 1.05. The summed E-state index contributed by atoms with van der Waals surface area (Å²) in [6.07, 6.45) is 0.0515. The van der Waals surface area contributed by atoms with E-state index in [1.54, 1.807) is 0 Å². The largest absolute Gasteiger partial charge is 0.480 e. The van der Waals surface area contributed by atoms with Crippen LogP contribution in [0.15, 0.2) is 0 Å². The van der Waals surface area contributed by atoms with Crippen LogP contribution in [0.3, 0.4) is 0 Å². The Balaban J connectivity index is 2.46. The number of carbonyl (C=O) groups excluding carboxylic acids is 3. The highest BCUT2D eigenvalue weighted by Gasteiger charge is 2.32. The first kappa shape index (κ1) is 13.5. The van der Waals surface area contributed by atoms with Crippen LogP contribution in [0.5, 0.6) is 0 Å². The lowest BCUT2D eigenvalue weighted by molar-refractivity contribution is -0.140. The van der Waals surface area contributed by atoms with Crippen LogP contribution in [0.2, 0.25) is 0 Å². The first-order chi connectivity index (χ1) is 7.90. The highest BCUT2D eigenvalue weighted by molar-refractivity contribution is 8.00. The van der Waals surface area contributed by atoms with E-state index < -0.39 is 29.1 Å². The Morgan fingerprint density at radius 3 is 2.65 bits per heavy atom. The molecule has 1 aliphatic rings. The number of amides is 3. The standard InChI is InChI=1S/C9H12N2O5S/c1-4(12)10-5(9(15)16)3-17-6-2-7(13)11-8(6)14/h5-6H,2-3H2,1H3,(H,10,12)(H,15,16)(H,11,13,14)/t5-,6?/m0/s1. The topological polar surface area (TPSA) is 113 Å². The number of hydrogen-bond donors (Lipinski definition) is 3. The number of carbonyl (C=O) groups is 4. The van der Waals surface area contributed by atoms with Crippen molar-refractivity contribution in [2.24, 2.45) is 0 Å². The molecule has 17 heavy (non-hydrogen) atoms. The second kappa shape index (κ2) is 5.67. The van der Waals surface area contributed by atoms with Crippen LogP contribution in [0.25, 0.3) is 0 Å². The van der Waals surface area contributed by atoms with Gasteiger partial charge in [-0.15, -0.1) is 11.8 Å². The molecule has 0 aromatic carbocycles. The van der Waals surface area contributed by atoms with Gasteiger partial charge in [0.1, 0.15) is 6.04 Å². The molecule has 94 valence electrons. The molecule has 1 unspecified atom stereocenters. The average Bonchev–Trinajstić information content (AvgIpc) is 2.51. The van der Waals surface area contributed by atoms with E-state index >= 15 is 0 Å². The van der Waals surface area contributed by atoms with Gasteiger partial charge in [0.05, 0.1) is 5.25 Å². The Morgan fingerprint density at radius 1 is 1.59 bits per heavy atom. The van der Waals surface area contributed by atoms with E-state index in [1.807, 2.05) is 0 Å². The summed E-state index contributed by atoms with van der Waals surface area (Å²) in [7, 11) is 0. The lowest BCUT2D eigenvalue weighted by atomic mass is 10.3. The van der Waals surface area contributed by atoms with Gasteiger partial charge in [0.25, 0.3) is 0 Å². The van der Waals surface area contributed by atoms with Crippen LogP contribution in [0.4, 0.5) is 0 Å². The Hall–Kier alpha value is -1.57. The zero-order valence-electron chi connectivity index (χ0n) is 9.06. The zero-order chi connectivity index (χ0) is 13.0. The fraction of sp³-hybridized carbons (Fsp3) is 0.556. The van der Waals surface area contributed by atoms with Crippen LogP contribution >= 0.6 is 11.8 Å². The van der Waals surface area contributed by atoms with E-state index in [0.29, 0.717) is 0 Å². The minimum Gasteiger partial charge on any atom is -0.480 e. The molecule has 7 nitrogen and oxygen atoms in total. The van der Waals surface area contributed by atoms with Gasteiger partial charge >= 0.3 is 5.97 Å². The zero-order valence-corrected chi connectivity index (χ0v) is 9.87. The third-order valence-corrected chi connectivity index (χ3v) is 3.37. The maximum atomic E-state index is 11.2. The predicted molar refractivity (Wildman–Crippen MR) is 59.3 cm³/mol. The molecule has 0 radical (unpaired) electrons. The minimum atomic E-state index is -1.17. The summed E-state index contributed by atoms with van der Waals surface area (Å²) in [6.45, 7) is 1.21. The number of carboxylic acid groups (broad SMARTS) is 1. The molecular weight excluding hydrogens is 248 g/mol. The second-order valence-electron chi connectivity index (χ2n) is 3.53. The number of carboxylic acids is 1. The van der Waals surface area contributed by atoms with E-state index in [1.165, 1.54) is 6.92 Å². The molecule has 1 rings (SSSR count). The highest BCUT2D eigenvalue weighted by atomic mass is 32.2. The Bertz CT molecular complexity index is 370. The van der Waals surface area contributed by atoms with Crippen LogP contribution in [-0.4, -0.2) is 45.8 Å². The van der Waals surface area contributed by atoms with Crippen LogP contribution in [0, 0.1) is 0 Å². The van der Waals surface area contributed by atoms with E-state index in [4.69, 9.17) is 5.11 Å². The first-order valence-electron chi connectivity index (χ1n) is 4.85. The maximum absolute atomic E-state index is 11.2. The monoisotopic (exact) mass is 260 g/mol. The Labute approximate surface area is 101 Å². The van der Waals surface area contributed by atoms with Gasteiger partial charge < -0.3 is 10.4 Å². The van der Waals surface area contributed by atoms with Crippen molar-refractivity contribution in [2.75, 3.05) is 5.75 Å². The molecule has 1 fully saturated rings. The molecule has 0 saturated carbocycles. The molecule has 1 saturated heterocycles. The molecule has 1 heterocycles. The summed E-state index contributed by atoms with van der Waals surface area (Å²) in [5, 5.41) is 12.6. The van der Waals surface area contributed by atoms with Crippen LogP contribution in [-0.2, 0) is 19.2 Å². The van der Waals surface area contributed by atoms with Crippen molar-refractivity contribution in [1.82, 2.24) is 10.6 Å². The SMILES string of the molecule is CC(=O)N[C@@H](CSC1CC(=O)NC1=O)C(=O)O. The predicted octanol–water partition coefficient (Wildman–Crippen LogP) is -1.28. The molecule has 0 aromatic rings. The van der Waals surface area contributed by atoms with Gasteiger partial charge in [-0.1, -0.05) is 0 Å². The summed E-state index contributed by atoms with van der Waals surface area (Å²) in [5.74, 6) is -2.35. The fourth-order valence-electron chi connectivity index (χ4n) is 1.30. The van der Waals surface area contributed by atoms with Gasteiger partial charge in [-0.2, -0.15) is 0 Å². The molecule has 0 aromatic heterocycles. The third-order valence-electron chi connectivity index (χ3n) is 2.07. The molecule has 3 N–H and O–H groups in total. The highest BCUT2D eigenvalue weighted by Crippen LogP contribution is 2.20. The molecule has 8 heteroatoms. The lowest BCUT2D eigenvalue weighted by Crippen LogP contribution is -2.42. The Kier molecular flexibility index (Phi) is 4.50. The number of rotatable bonds is 5. The quantitative estimate of drug-likeness (QED) is 0.531. The number of aliphatic carboxylic acids is 1. The van der Waals surface area contributed by atoms with Crippen LogP contribution < -0.4 is 10.6 Å². The van der Waals surface area contributed by atoms with Gasteiger partial charge in [0, 0.05) is 19.1 Å². The summed E-state index contributed by atoms with van der Waals surface area (Å²) < 4.78 is 0. The van der Waals surface area contributed by atoms with Gasteiger partial charge in [-0.25, -0.2) is 4.79 Å². The Morgan fingerprint density at radius 2 is 2.24 bits per heavy atom. The number of nitrogens with one attached hydrogen (secondary N) is 2. The summed E-state index contributed by atoms with van der Waals surface area (Å²) in [5.41, 5.74) is 0. The lowest BCUT2D eigenvalue weighted by Gasteiger charge is -2.14. The molecule has 1 aliphatic heterocycles. The van der Waals surface area contributed by atoms with E-state index in [-0.39, 0.29) is 18.1 Å². The van der Waals surface area contributed by atoms with E-state index in [0.717, 1.165) is 11.8 Å². The van der Waals surface area contributed by atoms with Gasteiger partial charge in [-0.05, 0) is 0 Å². The van der Waals surface area contributed by atoms with Crippen molar-refractivity contribution in [3.63, 3.8) is 0 Å². The number of thioether (sulfide) groups is 1. The summed E-state index contributed by atoms with van der Waals surface area (Å²) in [4.78, 5) is 43.6. The second-order valence-corrected chi connectivity index (χ2v) is 4.77. The first-order valence-corrected chi connectivity index (χ1v) is 5.90. The van der Waals surface area contributed by atoms with Crippen molar-refractivity contribution >= 4 is 35.5 Å². The molecule has 0 aliphatic carbocycles. The summed E-state index contributed by atoms with van der Waals surface area (Å²) in [6, 6.07) is -1.05. The van der Waals surface area contributed by atoms with Crippen molar-refractivity contribution in [2.45, 2.75) is 24.6 Å². The van der Waals surface area contributed by atoms with E-state index in [9.17, 15) is 19.2 Å². The molecule has 0 bridgehead atoms. The van der Waals surface area contributed by atoms with Crippen molar-refractivity contribution in [3.05, 3.63) is 0 Å². The average molecular weight is 260 g/mol. The van der Waals surface area contributed by atoms with Crippen LogP contribution in [0.1, 0.15) is 13.3 Å². The molecular formula is C9H12N2O5S. The molecule has 0 spiro atoms. The fourth-order valence-corrected chi connectivity index (χ4v) is 2.43. The number of imide groups is 1. The normalized spacial score (nSPS) is 20.9. The number of hydrogen-bond acceptors (Lipinski definition) is 5. The molecule has 3 amide bonds. The smallest absolute Gasteiger partial charge is 0.327 e. The van der Waals surface area contributed by atoms with Gasteiger partial charge in [0.2, 0.25) is 17.7 Å². The molecule has 2 atom stereocenters. The van der Waals surface area contributed by atoms with E-state index in [2.05, 4.69) is 10.6 Å². The maximum Gasteiger partial charge on any atom is 0.327 e. The van der Waals surface area contributed by atoms with Crippen molar-refractivity contribution < 1.29 is 24.3 Å². The van der Waals surface area contributed by atoms with Gasteiger partial charge in [0.15, 0.2) is 0 Å². The van der Waals surface area contributed by atoms with Crippen molar-refractivity contribution in [3.8, 4) is 0 Å². The van der Waals surface area contributed by atoms with Gasteiger partial charge in [-0.3, -0.25) is 19.7 Å².